The molecule has 0 bridgehead atoms. The molecule has 0 aliphatic heterocycles. The number of carbonyl (C=O) groups excluding carboxylic acids is 2. The molecular weight excluding hydrogens is 416 g/mol. The van der Waals surface area contributed by atoms with Gasteiger partial charge < -0.3 is 10.6 Å². The zero-order valence-corrected chi connectivity index (χ0v) is 15.4. The second-order valence-electron chi connectivity index (χ2n) is 6.84. The number of aromatic nitrogens is 1. The quantitative estimate of drug-likeness (QED) is 0.665. The van der Waals surface area contributed by atoms with Crippen molar-refractivity contribution in [2.75, 3.05) is 10.6 Å². The Balaban J connectivity index is 2.00. The number of amides is 2. The summed E-state index contributed by atoms with van der Waals surface area (Å²) in [6.45, 7) is 1.20. The van der Waals surface area contributed by atoms with Crippen LogP contribution in [0.3, 0.4) is 0 Å². The van der Waals surface area contributed by atoms with Gasteiger partial charge in [-0.1, -0.05) is 6.07 Å². The van der Waals surface area contributed by atoms with Gasteiger partial charge in [0.1, 0.15) is 17.5 Å². The first-order valence-corrected chi connectivity index (χ1v) is 8.74. The van der Waals surface area contributed by atoms with Crippen molar-refractivity contribution in [2.45, 2.75) is 31.9 Å². The number of nitrogens with one attached hydrogen (secondary N) is 2. The van der Waals surface area contributed by atoms with E-state index in [1.54, 1.807) is 0 Å². The van der Waals surface area contributed by atoms with Crippen LogP contribution in [-0.2, 0) is 15.5 Å². The molecule has 11 heteroatoms. The lowest BCUT2D eigenvalue weighted by Crippen LogP contribution is -2.34. The van der Waals surface area contributed by atoms with Crippen molar-refractivity contribution in [2.24, 2.45) is 5.92 Å². The third-order valence-electron chi connectivity index (χ3n) is 4.33. The van der Waals surface area contributed by atoms with E-state index in [2.05, 4.69) is 15.6 Å². The second-order valence-corrected chi connectivity index (χ2v) is 6.84. The Labute approximate surface area is 166 Å². The van der Waals surface area contributed by atoms with Crippen molar-refractivity contribution in [1.29, 1.82) is 0 Å². The first-order chi connectivity index (χ1) is 13.9. The number of carbonyl (C=O) groups is 2. The highest BCUT2D eigenvalue weighted by Gasteiger charge is 2.59. The lowest BCUT2D eigenvalue weighted by atomic mass is 10.0. The standard InChI is InChI=1S/C19H15F6N3O2/c1-9(29)26-15-7-12(8-16(27-15)28-17(30)10-2-3-10)11-4-5-13(14(20)6-11)18(21,22)19(23,24)25/h4-8,10H,2-3H2,1H3,(H2,26,27,28,29,30). The predicted octanol–water partition coefficient (Wildman–Crippen LogP) is 4.85. The van der Waals surface area contributed by atoms with E-state index >= 15 is 0 Å². The molecule has 1 aliphatic rings. The summed E-state index contributed by atoms with van der Waals surface area (Å²) in [4.78, 5) is 27.3. The van der Waals surface area contributed by atoms with Crippen molar-refractivity contribution < 1.29 is 35.9 Å². The van der Waals surface area contributed by atoms with E-state index < -0.39 is 29.4 Å². The Kier molecular flexibility index (Phi) is 5.48. The molecule has 1 saturated carbocycles. The molecule has 2 amide bonds. The maximum absolute atomic E-state index is 14.2. The minimum atomic E-state index is -5.95. The number of nitrogens with zero attached hydrogens (tertiary/aromatic N) is 1. The Morgan fingerprint density at radius 3 is 2.07 bits per heavy atom. The summed E-state index contributed by atoms with van der Waals surface area (Å²) in [5, 5.41) is 4.91. The molecule has 2 aromatic rings. The van der Waals surface area contributed by atoms with Gasteiger partial charge in [-0.15, -0.1) is 0 Å². The largest absolute Gasteiger partial charge is 0.458 e. The molecule has 5 nitrogen and oxygen atoms in total. The third kappa shape index (κ3) is 4.55. The van der Waals surface area contributed by atoms with E-state index in [0.29, 0.717) is 25.0 Å². The van der Waals surface area contributed by atoms with E-state index in [1.165, 1.54) is 19.1 Å². The molecule has 30 heavy (non-hydrogen) atoms. The van der Waals surface area contributed by atoms with Gasteiger partial charge in [-0.3, -0.25) is 9.59 Å². The highest BCUT2D eigenvalue weighted by Crippen LogP contribution is 2.45. The van der Waals surface area contributed by atoms with Crippen molar-refractivity contribution in [3.05, 3.63) is 41.7 Å². The number of alkyl halides is 5. The molecule has 0 saturated heterocycles. The van der Waals surface area contributed by atoms with E-state index in [9.17, 15) is 35.9 Å². The van der Waals surface area contributed by atoms with E-state index in [4.69, 9.17) is 0 Å². The summed E-state index contributed by atoms with van der Waals surface area (Å²) in [5.41, 5.74) is -1.72. The molecule has 0 spiro atoms. The normalized spacial score (nSPS) is 14.4. The third-order valence-corrected chi connectivity index (χ3v) is 4.33. The number of halogens is 6. The second kappa shape index (κ2) is 7.62. The summed E-state index contributed by atoms with van der Waals surface area (Å²) < 4.78 is 78.7. The topological polar surface area (TPSA) is 71.1 Å². The fraction of sp³-hybridized carbons (Fsp3) is 0.316. The average Bonchev–Trinajstić information content (AvgIpc) is 3.44. The van der Waals surface area contributed by atoms with Crippen LogP contribution in [0, 0.1) is 11.7 Å². The number of hydrogen-bond donors (Lipinski definition) is 2. The number of rotatable bonds is 5. The zero-order valence-electron chi connectivity index (χ0n) is 15.4. The van der Waals surface area contributed by atoms with Gasteiger partial charge in [0.25, 0.3) is 0 Å². The predicted molar refractivity (Wildman–Crippen MR) is 95.2 cm³/mol. The number of pyridine rings is 1. The molecule has 1 aromatic carbocycles. The van der Waals surface area contributed by atoms with Gasteiger partial charge in [0.2, 0.25) is 11.8 Å². The Hall–Kier alpha value is -3.11. The van der Waals surface area contributed by atoms with Gasteiger partial charge >= 0.3 is 12.1 Å². The lowest BCUT2D eigenvalue weighted by molar-refractivity contribution is -0.290. The lowest BCUT2D eigenvalue weighted by Gasteiger charge is -2.20. The highest BCUT2D eigenvalue weighted by atomic mass is 19.4. The van der Waals surface area contributed by atoms with Gasteiger partial charge in [0.15, 0.2) is 0 Å². The van der Waals surface area contributed by atoms with Crippen molar-refractivity contribution >= 4 is 23.5 Å². The molecule has 2 N–H and O–H groups in total. The smallest absolute Gasteiger partial charge is 0.311 e. The molecule has 0 unspecified atom stereocenters. The summed E-state index contributed by atoms with van der Waals surface area (Å²) in [5.74, 6) is -8.09. The van der Waals surface area contributed by atoms with E-state index in [-0.39, 0.29) is 34.6 Å². The summed E-state index contributed by atoms with van der Waals surface area (Å²) >= 11 is 0. The van der Waals surface area contributed by atoms with Gasteiger partial charge in [0.05, 0.1) is 5.56 Å². The number of anilines is 2. The SMILES string of the molecule is CC(=O)Nc1cc(-c2ccc(C(F)(F)C(F)(F)F)c(F)c2)cc(NC(=O)C2CC2)n1. The average molecular weight is 431 g/mol. The fourth-order valence-electron chi connectivity index (χ4n) is 2.68. The maximum atomic E-state index is 14.2. The summed E-state index contributed by atoms with van der Waals surface area (Å²) in [6, 6.07) is 4.32. The highest BCUT2D eigenvalue weighted by molar-refractivity contribution is 5.95. The number of hydrogen-bond acceptors (Lipinski definition) is 3. The molecule has 1 heterocycles. The van der Waals surface area contributed by atoms with E-state index in [1.807, 2.05) is 0 Å². The van der Waals surface area contributed by atoms with E-state index in [0.717, 1.165) is 6.07 Å². The first-order valence-electron chi connectivity index (χ1n) is 8.74. The zero-order chi connectivity index (χ0) is 22.3. The molecule has 3 rings (SSSR count). The number of benzene rings is 1. The Morgan fingerprint density at radius 2 is 1.57 bits per heavy atom. The molecular formula is C19H15F6N3O2. The molecule has 0 radical (unpaired) electrons. The molecule has 160 valence electrons. The van der Waals surface area contributed by atoms with Crippen LogP contribution in [0.4, 0.5) is 38.0 Å². The van der Waals surface area contributed by atoms with Crippen LogP contribution < -0.4 is 10.6 Å². The fourth-order valence-corrected chi connectivity index (χ4v) is 2.68. The minimum absolute atomic E-state index is 0.0123. The Bertz CT molecular complexity index is 1000. The monoisotopic (exact) mass is 431 g/mol. The molecule has 1 aromatic heterocycles. The van der Waals surface area contributed by atoms with Crippen LogP contribution in [0.1, 0.15) is 25.3 Å². The van der Waals surface area contributed by atoms with Gasteiger partial charge in [-0.2, -0.15) is 22.0 Å². The van der Waals surface area contributed by atoms with Gasteiger partial charge in [0, 0.05) is 12.8 Å². The Morgan fingerprint density at radius 1 is 0.967 bits per heavy atom. The van der Waals surface area contributed by atoms with Crippen molar-refractivity contribution in [1.82, 2.24) is 4.98 Å². The van der Waals surface area contributed by atoms with Crippen LogP contribution in [0.2, 0.25) is 0 Å². The van der Waals surface area contributed by atoms with Crippen LogP contribution in [0.15, 0.2) is 30.3 Å². The van der Waals surface area contributed by atoms with Crippen LogP contribution in [0.25, 0.3) is 11.1 Å². The van der Waals surface area contributed by atoms with Crippen LogP contribution in [0.5, 0.6) is 0 Å². The molecule has 1 aliphatic carbocycles. The molecule has 1 fully saturated rings. The van der Waals surface area contributed by atoms with Crippen LogP contribution in [-0.4, -0.2) is 23.0 Å². The summed E-state index contributed by atoms with van der Waals surface area (Å²) in [6.07, 6.45) is -4.53. The first kappa shape index (κ1) is 21.6. The van der Waals surface area contributed by atoms with Crippen molar-refractivity contribution in [3.8, 4) is 11.1 Å². The van der Waals surface area contributed by atoms with Gasteiger partial charge in [-0.25, -0.2) is 9.37 Å². The van der Waals surface area contributed by atoms with Gasteiger partial charge in [-0.05, 0) is 48.2 Å². The van der Waals surface area contributed by atoms with Crippen molar-refractivity contribution in [3.63, 3.8) is 0 Å². The minimum Gasteiger partial charge on any atom is -0.311 e. The summed E-state index contributed by atoms with van der Waals surface area (Å²) in [7, 11) is 0. The maximum Gasteiger partial charge on any atom is 0.458 e. The van der Waals surface area contributed by atoms with Crippen LogP contribution >= 0.6 is 0 Å². The molecule has 0 atom stereocenters.